The van der Waals surface area contributed by atoms with E-state index in [4.69, 9.17) is 10.5 Å². The van der Waals surface area contributed by atoms with Gasteiger partial charge >= 0.3 is 0 Å². The fourth-order valence-electron chi connectivity index (χ4n) is 1.90. The highest BCUT2D eigenvalue weighted by Gasteiger charge is 2.25. The van der Waals surface area contributed by atoms with Crippen molar-refractivity contribution in [1.29, 1.82) is 0 Å². The molecule has 0 heterocycles. The van der Waals surface area contributed by atoms with Crippen molar-refractivity contribution in [3.63, 3.8) is 0 Å². The van der Waals surface area contributed by atoms with E-state index >= 15 is 0 Å². The molecule has 0 aliphatic rings. The predicted octanol–water partition coefficient (Wildman–Crippen LogP) is 1.54. The molecule has 0 radical (unpaired) electrons. The predicted molar refractivity (Wildman–Crippen MR) is 76.6 cm³/mol. The lowest BCUT2D eigenvalue weighted by atomic mass is 10.1. The Balaban J connectivity index is 3.25. The van der Waals surface area contributed by atoms with Crippen molar-refractivity contribution in [2.75, 3.05) is 32.5 Å². The van der Waals surface area contributed by atoms with Gasteiger partial charge in [0.1, 0.15) is 0 Å². The van der Waals surface area contributed by atoms with E-state index < -0.39 is 10.0 Å². The van der Waals surface area contributed by atoms with Crippen LogP contribution in [0.15, 0.2) is 17.0 Å². The number of nitrogens with zero attached hydrogens (tertiary/aromatic N) is 1. The molecule has 0 fully saturated rings. The minimum Gasteiger partial charge on any atom is -0.398 e. The van der Waals surface area contributed by atoms with Crippen molar-refractivity contribution in [3.8, 4) is 0 Å². The first kappa shape index (κ1) is 15.9. The van der Waals surface area contributed by atoms with Crippen molar-refractivity contribution in [3.05, 3.63) is 23.3 Å². The molecule has 0 bridgehead atoms. The van der Waals surface area contributed by atoms with E-state index in [0.29, 0.717) is 30.9 Å². The van der Waals surface area contributed by atoms with Crippen LogP contribution in [0.1, 0.15) is 18.1 Å². The second-order valence-corrected chi connectivity index (χ2v) is 6.37. The minimum atomic E-state index is -3.53. The number of sulfonamides is 1. The summed E-state index contributed by atoms with van der Waals surface area (Å²) in [5, 5.41) is 0. The van der Waals surface area contributed by atoms with Crippen LogP contribution in [0.4, 0.5) is 5.69 Å². The minimum absolute atomic E-state index is 0.281. The maximum absolute atomic E-state index is 12.6. The summed E-state index contributed by atoms with van der Waals surface area (Å²) in [4.78, 5) is 0.281. The molecular formula is C13H22N2O3S. The topological polar surface area (TPSA) is 72.6 Å². The zero-order valence-corrected chi connectivity index (χ0v) is 12.8. The molecule has 5 nitrogen and oxygen atoms in total. The first-order valence-corrected chi connectivity index (χ1v) is 7.64. The third-order valence-electron chi connectivity index (χ3n) is 3.06. The van der Waals surface area contributed by atoms with Crippen LogP contribution in [0.25, 0.3) is 0 Å². The fraction of sp³-hybridized carbons (Fsp3) is 0.538. The number of likely N-dealkylation sites (N-methyl/N-ethyl adjacent to an activating group) is 1. The van der Waals surface area contributed by atoms with E-state index in [1.165, 1.54) is 4.31 Å². The number of rotatable bonds is 6. The molecule has 0 atom stereocenters. The Hall–Kier alpha value is -1.11. The number of hydrogen-bond donors (Lipinski definition) is 1. The molecule has 0 spiro atoms. The smallest absolute Gasteiger partial charge is 0.243 e. The van der Waals surface area contributed by atoms with Crippen molar-refractivity contribution in [2.45, 2.75) is 25.7 Å². The molecule has 0 saturated heterocycles. The highest BCUT2D eigenvalue weighted by Crippen LogP contribution is 2.25. The van der Waals surface area contributed by atoms with Gasteiger partial charge in [0.25, 0.3) is 0 Å². The Morgan fingerprint density at radius 2 is 1.95 bits per heavy atom. The normalized spacial score (nSPS) is 12.1. The lowest BCUT2D eigenvalue weighted by molar-refractivity contribution is 0.180. The molecule has 19 heavy (non-hydrogen) atoms. The van der Waals surface area contributed by atoms with Gasteiger partial charge in [0.2, 0.25) is 10.0 Å². The molecule has 1 aromatic carbocycles. The number of nitrogens with two attached hydrogens (primary N) is 1. The summed E-state index contributed by atoms with van der Waals surface area (Å²) in [7, 11) is -1.97. The molecule has 6 heteroatoms. The van der Waals surface area contributed by atoms with E-state index in [1.807, 2.05) is 13.8 Å². The quantitative estimate of drug-likeness (QED) is 0.805. The van der Waals surface area contributed by atoms with Crippen LogP contribution in [0.5, 0.6) is 0 Å². The highest BCUT2D eigenvalue weighted by atomic mass is 32.2. The molecule has 0 aliphatic heterocycles. The van der Waals surface area contributed by atoms with E-state index in [9.17, 15) is 8.42 Å². The zero-order valence-electron chi connectivity index (χ0n) is 11.9. The lowest BCUT2D eigenvalue weighted by Gasteiger charge is -2.22. The van der Waals surface area contributed by atoms with Gasteiger partial charge in [-0.25, -0.2) is 8.42 Å². The summed E-state index contributed by atoms with van der Waals surface area (Å²) in [6.07, 6.45) is 0. The van der Waals surface area contributed by atoms with Crippen molar-refractivity contribution < 1.29 is 13.2 Å². The van der Waals surface area contributed by atoms with Crippen LogP contribution in [-0.2, 0) is 14.8 Å². The van der Waals surface area contributed by atoms with E-state index in [-0.39, 0.29) is 4.90 Å². The molecule has 0 amide bonds. The summed E-state index contributed by atoms with van der Waals surface area (Å²) < 4.78 is 31.6. The van der Waals surface area contributed by atoms with Gasteiger partial charge in [0, 0.05) is 25.9 Å². The summed E-state index contributed by atoms with van der Waals surface area (Å²) in [6.45, 7) is 6.47. The number of aryl methyl sites for hydroxylation is 1. The van der Waals surface area contributed by atoms with Gasteiger partial charge < -0.3 is 10.5 Å². The number of hydrogen-bond acceptors (Lipinski definition) is 4. The van der Waals surface area contributed by atoms with Gasteiger partial charge in [-0.3, -0.25) is 0 Å². The number of methoxy groups -OCH3 is 1. The Bertz CT molecular complexity index is 541. The fourth-order valence-corrected chi connectivity index (χ4v) is 3.67. The molecule has 0 unspecified atom stereocenters. The second-order valence-electron chi connectivity index (χ2n) is 4.47. The van der Waals surface area contributed by atoms with Crippen LogP contribution in [0.3, 0.4) is 0 Å². The highest BCUT2D eigenvalue weighted by molar-refractivity contribution is 7.89. The van der Waals surface area contributed by atoms with Crippen LogP contribution >= 0.6 is 0 Å². The third-order valence-corrected chi connectivity index (χ3v) is 5.16. The monoisotopic (exact) mass is 286 g/mol. The largest absolute Gasteiger partial charge is 0.398 e. The molecular weight excluding hydrogens is 264 g/mol. The van der Waals surface area contributed by atoms with Crippen LogP contribution in [0, 0.1) is 13.8 Å². The van der Waals surface area contributed by atoms with Gasteiger partial charge in [0.15, 0.2) is 0 Å². The Kier molecular flexibility index (Phi) is 5.34. The average molecular weight is 286 g/mol. The van der Waals surface area contributed by atoms with Gasteiger partial charge in [-0.2, -0.15) is 4.31 Å². The molecule has 0 saturated carbocycles. The van der Waals surface area contributed by atoms with Crippen molar-refractivity contribution >= 4 is 15.7 Å². The number of benzene rings is 1. The SMILES string of the molecule is CCN(CCOC)S(=O)(=O)c1cc(C)cc(N)c1C. The Labute approximate surface area is 115 Å². The third kappa shape index (κ3) is 3.46. The molecule has 0 aliphatic carbocycles. The Morgan fingerprint density at radius 3 is 2.47 bits per heavy atom. The molecule has 2 N–H and O–H groups in total. The first-order chi connectivity index (χ1) is 8.84. The number of nitrogen functional groups attached to an aromatic ring is 1. The summed E-state index contributed by atoms with van der Waals surface area (Å²) >= 11 is 0. The van der Waals surface area contributed by atoms with E-state index in [1.54, 1.807) is 26.2 Å². The molecule has 1 rings (SSSR count). The first-order valence-electron chi connectivity index (χ1n) is 6.20. The van der Waals surface area contributed by atoms with Crippen LogP contribution in [0.2, 0.25) is 0 Å². The van der Waals surface area contributed by atoms with Crippen molar-refractivity contribution in [2.24, 2.45) is 0 Å². The molecule has 0 aromatic heterocycles. The standard InChI is InChI=1S/C13H22N2O3S/c1-5-15(6-7-18-4)19(16,17)13-9-10(2)8-12(14)11(13)3/h8-9H,5-7,14H2,1-4H3. The summed E-state index contributed by atoms with van der Waals surface area (Å²) in [5.74, 6) is 0. The maximum Gasteiger partial charge on any atom is 0.243 e. The van der Waals surface area contributed by atoms with Gasteiger partial charge in [-0.05, 0) is 37.1 Å². The van der Waals surface area contributed by atoms with Crippen molar-refractivity contribution in [1.82, 2.24) is 4.31 Å². The van der Waals surface area contributed by atoms with E-state index in [0.717, 1.165) is 5.56 Å². The van der Waals surface area contributed by atoms with Gasteiger partial charge in [0.05, 0.1) is 11.5 Å². The van der Waals surface area contributed by atoms with E-state index in [2.05, 4.69) is 0 Å². The number of anilines is 1. The zero-order chi connectivity index (χ0) is 14.6. The maximum atomic E-state index is 12.6. The molecule has 108 valence electrons. The summed E-state index contributed by atoms with van der Waals surface area (Å²) in [6, 6.07) is 3.44. The van der Waals surface area contributed by atoms with Crippen LogP contribution < -0.4 is 5.73 Å². The summed E-state index contributed by atoms with van der Waals surface area (Å²) in [5.41, 5.74) is 7.79. The number of ether oxygens (including phenoxy) is 1. The molecule has 1 aromatic rings. The van der Waals surface area contributed by atoms with Gasteiger partial charge in [-0.1, -0.05) is 6.92 Å². The van der Waals surface area contributed by atoms with Gasteiger partial charge in [-0.15, -0.1) is 0 Å². The van der Waals surface area contributed by atoms with Crippen LogP contribution in [-0.4, -0.2) is 39.5 Å². The second kappa shape index (κ2) is 6.36. The average Bonchev–Trinajstić information content (AvgIpc) is 2.34. The lowest BCUT2D eigenvalue weighted by Crippen LogP contribution is -2.34. The Morgan fingerprint density at radius 1 is 1.32 bits per heavy atom.